The summed E-state index contributed by atoms with van der Waals surface area (Å²) in [6.07, 6.45) is 0.555. The van der Waals surface area contributed by atoms with E-state index in [9.17, 15) is 15.0 Å². The Hall–Kier alpha value is -1.63. The third kappa shape index (κ3) is 2.62. The smallest absolute Gasteiger partial charge is 0.408 e. The summed E-state index contributed by atoms with van der Waals surface area (Å²) in [5.74, 6) is 0. The number of nitrogens with zero attached hydrogens (tertiary/aromatic N) is 2. The molecule has 114 valence electrons. The van der Waals surface area contributed by atoms with Crippen LogP contribution in [0.2, 0.25) is 0 Å². The summed E-state index contributed by atoms with van der Waals surface area (Å²) < 4.78 is 0. The average Bonchev–Trinajstić information content (AvgIpc) is 2.84. The zero-order valence-electron chi connectivity index (χ0n) is 11.8. The zero-order valence-corrected chi connectivity index (χ0v) is 11.8. The molecule has 1 amide bonds. The van der Waals surface area contributed by atoms with Crippen LogP contribution in [0, 0.1) is 0 Å². The molecule has 1 spiro atoms. The molecule has 0 radical (unpaired) electrons. The first kappa shape index (κ1) is 14.3. The molecule has 1 aromatic rings. The van der Waals surface area contributed by atoms with Crippen LogP contribution in [-0.4, -0.2) is 57.5 Å². The van der Waals surface area contributed by atoms with Gasteiger partial charge >= 0.3 is 6.09 Å². The van der Waals surface area contributed by atoms with E-state index in [0.717, 1.165) is 18.4 Å². The molecule has 2 aliphatic heterocycles. The van der Waals surface area contributed by atoms with Crippen molar-refractivity contribution in [3.63, 3.8) is 0 Å². The SMILES string of the molecule is O=C(O)N1C(CO)CCC12CN(OCc1ccccc1)C2. The lowest BCUT2D eigenvalue weighted by Gasteiger charge is -2.51. The van der Waals surface area contributed by atoms with Crippen molar-refractivity contribution in [3.8, 4) is 0 Å². The molecule has 1 aromatic carbocycles. The van der Waals surface area contributed by atoms with E-state index < -0.39 is 6.09 Å². The highest BCUT2D eigenvalue weighted by molar-refractivity contribution is 5.67. The molecule has 0 aromatic heterocycles. The maximum absolute atomic E-state index is 11.4. The first-order valence-electron chi connectivity index (χ1n) is 7.19. The highest BCUT2D eigenvalue weighted by Crippen LogP contribution is 2.41. The highest BCUT2D eigenvalue weighted by Gasteiger charge is 2.56. The Morgan fingerprint density at radius 3 is 2.67 bits per heavy atom. The average molecular weight is 292 g/mol. The predicted molar refractivity (Wildman–Crippen MR) is 75.5 cm³/mol. The Bertz CT molecular complexity index is 502. The van der Waals surface area contributed by atoms with Gasteiger partial charge < -0.3 is 10.2 Å². The molecule has 0 saturated carbocycles. The van der Waals surface area contributed by atoms with Crippen molar-refractivity contribution in [2.24, 2.45) is 0 Å². The van der Waals surface area contributed by atoms with Crippen LogP contribution < -0.4 is 0 Å². The van der Waals surface area contributed by atoms with Gasteiger partial charge in [-0.25, -0.2) is 4.79 Å². The van der Waals surface area contributed by atoms with Crippen LogP contribution in [0.5, 0.6) is 0 Å². The molecule has 3 rings (SSSR count). The van der Waals surface area contributed by atoms with Crippen molar-refractivity contribution in [2.75, 3.05) is 19.7 Å². The molecule has 2 saturated heterocycles. The fourth-order valence-electron chi connectivity index (χ4n) is 3.36. The summed E-state index contributed by atoms with van der Waals surface area (Å²) in [6.45, 7) is 1.53. The van der Waals surface area contributed by atoms with Crippen LogP contribution >= 0.6 is 0 Å². The van der Waals surface area contributed by atoms with Gasteiger partial charge in [0, 0.05) is 13.1 Å². The number of likely N-dealkylation sites (tertiary alicyclic amines) is 1. The highest BCUT2D eigenvalue weighted by atomic mass is 16.7. The number of rotatable bonds is 4. The van der Waals surface area contributed by atoms with E-state index in [4.69, 9.17) is 4.84 Å². The van der Waals surface area contributed by atoms with E-state index >= 15 is 0 Å². The summed E-state index contributed by atoms with van der Waals surface area (Å²) in [4.78, 5) is 18.5. The third-order valence-corrected chi connectivity index (χ3v) is 4.43. The van der Waals surface area contributed by atoms with Crippen molar-refractivity contribution in [3.05, 3.63) is 35.9 Å². The summed E-state index contributed by atoms with van der Waals surface area (Å²) in [5.41, 5.74) is 0.712. The molecule has 2 heterocycles. The second kappa shape index (κ2) is 5.63. The fraction of sp³-hybridized carbons (Fsp3) is 0.533. The second-order valence-electron chi connectivity index (χ2n) is 5.81. The van der Waals surface area contributed by atoms with Gasteiger partial charge in [-0.15, -0.1) is 0 Å². The van der Waals surface area contributed by atoms with Gasteiger partial charge in [0.2, 0.25) is 0 Å². The minimum atomic E-state index is -0.950. The molecule has 6 nitrogen and oxygen atoms in total. The van der Waals surface area contributed by atoms with Crippen LogP contribution in [0.3, 0.4) is 0 Å². The molecule has 1 atom stereocenters. The first-order valence-corrected chi connectivity index (χ1v) is 7.19. The second-order valence-corrected chi connectivity index (χ2v) is 5.81. The summed E-state index contributed by atoms with van der Waals surface area (Å²) in [6, 6.07) is 9.60. The molecule has 2 aliphatic rings. The molecular weight excluding hydrogens is 272 g/mol. The maximum Gasteiger partial charge on any atom is 0.408 e. The fourth-order valence-corrected chi connectivity index (χ4v) is 3.36. The number of hydrogen-bond donors (Lipinski definition) is 2. The Kier molecular flexibility index (Phi) is 3.84. The minimum Gasteiger partial charge on any atom is -0.465 e. The number of hydrogen-bond acceptors (Lipinski definition) is 4. The van der Waals surface area contributed by atoms with E-state index in [1.807, 2.05) is 35.4 Å². The van der Waals surface area contributed by atoms with Gasteiger partial charge in [0.1, 0.15) is 0 Å². The standard InChI is InChI=1S/C15H20N2O4/c18-8-13-6-7-15(17(13)14(19)20)10-16(11-15)21-9-12-4-2-1-3-5-12/h1-5,13,18H,6-11H2,(H,19,20). The van der Waals surface area contributed by atoms with Gasteiger partial charge in [0.05, 0.1) is 24.8 Å². The zero-order chi connectivity index (χ0) is 14.9. The van der Waals surface area contributed by atoms with E-state index in [0.29, 0.717) is 19.7 Å². The van der Waals surface area contributed by atoms with Crippen molar-refractivity contribution in [2.45, 2.75) is 31.0 Å². The molecule has 2 fully saturated rings. The summed E-state index contributed by atoms with van der Waals surface area (Å²) >= 11 is 0. The van der Waals surface area contributed by atoms with Gasteiger partial charge in [-0.05, 0) is 18.4 Å². The number of benzene rings is 1. The Morgan fingerprint density at radius 2 is 2.05 bits per heavy atom. The quantitative estimate of drug-likeness (QED) is 0.875. The molecule has 1 unspecified atom stereocenters. The van der Waals surface area contributed by atoms with Gasteiger partial charge in [0.15, 0.2) is 0 Å². The number of carbonyl (C=O) groups is 1. The van der Waals surface area contributed by atoms with Crippen LogP contribution in [0.15, 0.2) is 30.3 Å². The van der Waals surface area contributed by atoms with E-state index in [-0.39, 0.29) is 18.2 Å². The number of amides is 1. The summed E-state index contributed by atoms with van der Waals surface area (Å²) in [5, 5.41) is 20.5. The Labute approximate surface area is 123 Å². The number of carboxylic acid groups (broad SMARTS) is 1. The minimum absolute atomic E-state index is 0.112. The topological polar surface area (TPSA) is 73.2 Å². The van der Waals surface area contributed by atoms with Crippen molar-refractivity contribution in [1.82, 2.24) is 9.96 Å². The predicted octanol–water partition coefficient (Wildman–Crippen LogP) is 1.31. The molecule has 21 heavy (non-hydrogen) atoms. The van der Waals surface area contributed by atoms with Crippen LogP contribution in [0.1, 0.15) is 18.4 Å². The number of aliphatic hydroxyl groups is 1. The van der Waals surface area contributed by atoms with Crippen LogP contribution in [0.25, 0.3) is 0 Å². The lowest BCUT2D eigenvalue weighted by molar-refractivity contribution is -0.253. The molecule has 6 heteroatoms. The largest absolute Gasteiger partial charge is 0.465 e. The van der Waals surface area contributed by atoms with Crippen molar-refractivity contribution in [1.29, 1.82) is 0 Å². The lowest BCUT2D eigenvalue weighted by Crippen LogP contribution is -2.69. The van der Waals surface area contributed by atoms with Gasteiger partial charge in [0.25, 0.3) is 0 Å². The number of aliphatic hydroxyl groups excluding tert-OH is 1. The van der Waals surface area contributed by atoms with Gasteiger partial charge in [-0.1, -0.05) is 30.3 Å². The molecule has 0 bridgehead atoms. The van der Waals surface area contributed by atoms with Gasteiger partial charge in [-0.3, -0.25) is 9.74 Å². The third-order valence-electron chi connectivity index (χ3n) is 4.43. The Morgan fingerprint density at radius 1 is 1.33 bits per heavy atom. The van der Waals surface area contributed by atoms with E-state index in [2.05, 4.69) is 0 Å². The van der Waals surface area contributed by atoms with E-state index in [1.54, 1.807) is 0 Å². The molecule has 2 N–H and O–H groups in total. The van der Waals surface area contributed by atoms with Crippen molar-refractivity contribution < 1.29 is 19.8 Å². The molecular formula is C15H20N2O4. The lowest BCUT2D eigenvalue weighted by atomic mass is 9.89. The first-order chi connectivity index (χ1) is 10.1. The van der Waals surface area contributed by atoms with Crippen LogP contribution in [-0.2, 0) is 11.4 Å². The summed E-state index contributed by atoms with van der Waals surface area (Å²) in [7, 11) is 0. The monoisotopic (exact) mass is 292 g/mol. The van der Waals surface area contributed by atoms with Gasteiger partial charge in [-0.2, -0.15) is 5.06 Å². The maximum atomic E-state index is 11.4. The van der Waals surface area contributed by atoms with Crippen molar-refractivity contribution >= 4 is 6.09 Å². The van der Waals surface area contributed by atoms with E-state index in [1.165, 1.54) is 4.90 Å². The van der Waals surface area contributed by atoms with Crippen LogP contribution in [0.4, 0.5) is 4.79 Å². The number of hydroxylamine groups is 2. The normalized spacial score (nSPS) is 24.2. The Balaban J connectivity index is 1.55. The molecule has 0 aliphatic carbocycles.